The molecule has 7 nitrogen and oxygen atoms in total. The van der Waals surface area contributed by atoms with Crippen molar-refractivity contribution in [3.05, 3.63) is 65.7 Å². The fourth-order valence-electron chi connectivity index (χ4n) is 5.81. The van der Waals surface area contributed by atoms with Crippen LogP contribution in [0.5, 0.6) is 0 Å². The van der Waals surface area contributed by atoms with E-state index in [0.717, 1.165) is 36.2 Å². The van der Waals surface area contributed by atoms with E-state index in [1.165, 1.54) is 6.92 Å². The van der Waals surface area contributed by atoms with Crippen molar-refractivity contribution in [2.75, 3.05) is 31.5 Å². The lowest BCUT2D eigenvalue weighted by Gasteiger charge is -2.45. The molecule has 2 N–H and O–H groups in total. The minimum atomic E-state index is -0.599. The number of carbonyl (C=O) groups excluding carboxylic acids is 3. The first kappa shape index (κ1) is 24.0. The summed E-state index contributed by atoms with van der Waals surface area (Å²) >= 11 is 0. The number of benzene rings is 2. The summed E-state index contributed by atoms with van der Waals surface area (Å²) in [6.45, 7) is 7.09. The molecule has 34 heavy (non-hydrogen) atoms. The van der Waals surface area contributed by atoms with Gasteiger partial charge in [-0.3, -0.25) is 19.3 Å². The van der Waals surface area contributed by atoms with Gasteiger partial charge in [0.15, 0.2) is 0 Å². The zero-order valence-corrected chi connectivity index (χ0v) is 20.2. The molecule has 3 amide bonds. The molecule has 4 rings (SSSR count). The Kier molecular flexibility index (Phi) is 7.03. The standard InChI is InChI=1S/C27H34N4O3/c1-4-21-10-8-9-13-24(21)28-25(34)16-30-15-14-23-26(22-11-6-5-7-12-22)31(20(3)33)18-27(23,17-30)29-19(2)32/h5-13,23,26H,4,14-18H2,1-3H3,(H,28,34)(H,29,32)/t23-,26-,27-/m1/s1. The predicted molar refractivity (Wildman–Crippen MR) is 132 cm³/mol. The summed E-state index contributed by atoms with van der Waals surface area (Å²) in [5.41, 5.74) is 2.42. The smallest absolute Gasteiger partial charge is 0.238 e. The van der Waals surface area contributed by atoms with Crippen molar-refractivity contribution in [2.24, 2.45) is 5.92 Å². The van der Waals surface area contributed by atoms with E-state index in [4.69, 9.17) is 0 Å². The largest absolute Gasteiger partial charge is 0.347 e. The SMILES string of the molecule is CCc1ccccc1NC(=O)CN1CC[C@@H]2[C@@H](c3ccccc3)N(C(C)=O)C[C@]2(NC(C)=O)C1. The number of hydrogen-bond acceptors (Lipinski definition) is 4. The molecule has 0 bridgehead atoms. The molecule has 2 saturated heterocycles. The van der Waals surface area contributed by atoms with Crippen LogP contribution in [0, 0.1) is 5.92 Å². The summed E-state index contributed by atoms with van der Waals surface area (Å²) in [6.07, 6.45) is 1.62. The Balaban J connectivity index is 1.56. The van der Waals surface area contributed by atoms with Gasteiger partial charge in [0.2, 0.25) is 17.7 Å². The summed E-state index contributed by atoms with van der Waals surface area (Å²) in [7, 11) is 0. The molecule has 0 aliphatic carbocycles. The van der Waals surface area contributed by atoms with Crippen LogP contribution in [0.15, 0.2) is 54.6 Å². The number of aryl methyl sites for hydroxylation is 1. The van der Waals surface area contributed by atoms with E-state index < -0.39 is 5.54 Å². The fraction of sp³-hybridized carbons (Fsp3) is 0.444. The second kappa shape index (κ2) is 9.97. The summed E-state index contributed by atoms with van der Waals surface area (Å²) in [5, 5.41) is 6.26. The Bertz CT molecular complexity index is 1060. The Hall–Kier alpha value is -3.19. The minimum absolute atomic E-state index is 0.00607. The molecule has 180 valence electrons. The van der Waals surface area contributed by atoms with Crippen LogP contribution in [0.3, 0.4) is 0 Å². The van der Waals surface area contributed by atoms with Crippen molar-refractivity contribution in [1.82, 2.24) is 15.1 Å². The summed E-state index contributed by atoms with van der Waals surface area (Å²) in [5.74, 6) is -0.125. The Labute approximate surface area is 201 Å². The molecule has 0 spiro atoms. The normalized spacial score (nSPS) is 24.4. The molecule has 0 saturated carbocycles. The lowest BCUT2D eigenvalue weighted by molar-refractivity contribution is -0.130. The number of anilines is 1. The topological polar surface area (TPSA) is 81.8 Å². The van der Waals surface area contributed by atoms with Crippen LogP contribution in [0.1, 0.15) is 44.4 Å². The maximum Gasteiger partial charge on any atom is 0.238 e. The van der Waals surface area contributed by atoms with Crippen molar-refractivity contribution < 1.29 is 14.4 Å². The number of nitrogens with zero attached hydrogens (tertiary/aromatic N) is 2. The van der Waals surface area contributed by atoms with Crippen LogP contribution < -0.4 is 10.6 Å². The maximum atomic E-state index is 12.9. The third kappa shape index (κ3) is 4.85. The second-order valence-electron chi connectivity index (χ2n) is 9.50. The first-order chi connectivity index (χ1) is 16.3. The number of likely N-dealkylation sites (tertiary alicyclic amines) is 2. The molecule has 3 atom stereocenters. The van der Waals surface area contributed by atoms with Gasteiger partial charge in [0, 0.05) is 38.5 Å². The average molecular weight is 463 g/mol. The van der Waals surface area contributed by atoms with Crippen LogP contribution in [-0.4, -0.2) is 59.2 Å². The molecular formula is C27H34N4O3. The lowest BCUT2D eigenvalue weighted by Crippen LogP contribution is -2.64. The Morgan fingerprint density at radius 3 is 2.38 bits per heavy atom. The lowest BCUT2D eigenvalue weighted by atomic mass is 9.75. The molecule has 2 heterocycles. The number of amides is 3. The molecule has 2 aliphatic heterocycles. The van der Waals surface area contributed by atoms with Gasteiger partial charge in [-0.05, 0) is 36.6 Å². The van der Waals surface area contributed by atoms with Crippen molar-refractivity contribution in [3.63, 3.8) is 0 Å². The van der Waals surface area contributed by atoms with Gasteiger partial charge in [-0.2, -0.15) is 0 Å². The summed E-state index contributed by atoms with van der Waals surface area (Å²) in [6, 6.07) is 17.8. The zero-order chi connectivity index (χ0) is 24.3. The highest BCUT2D eigenvalue weighted by Crippen LogP contribution is 2.47. The van der Waals surface area contributed by atoms with Gasteiger partial charge in [-0.1, -0.05) is 55.5 Å². The average Bonchev–Trinajstić information content (AvgIpc) is 3.13. The molecule has 2 aromatic carbocycles. The van der Waals surface area contributed by atoms with Gasteiger partial charge in [-0.25, -0.2) is 0 Å². The van der Waals surface area contributed by atoms with Crippen molar-refractivity contribution in [1.29, 1.82) is 0 Å². The zero-order valence-electron chi connectivity index (χ0n) is 20.2. The van der Waals surface area contributed by atoms with E-state index in [1.54, 1.807) is 6.92 Å². The van der Waals surface area contributed by atoms with E-state index in [-0.39, 0.29) is 36.2 Å². The van der Waals surface area contributed by atoms with E-state index >= 15 is 0 Å². The van der Waals surface area contributed by atoms with Gasteiger partial charge in [0.25, 0.3) is 0 Å². The third-order valence-electron chi connectivity index (χ3n) is 7.15. The predicted octanol–water partition coefficient (Wildman–Crippen LogP) is 2.99. The van der Waals surface area contributed by atoms with Gasteiger partial charge in [-0.15, -0.1) is 0 Å². The van der Waals surface area contributed by atoms with Crippen molar-refractivity contribution in [2.45, 2.75) is 45.2 Å². The van der Waals surface area contributed by atoms with Gasteiger partial charge in [0.1, 0.15) is 0 Å². The highest BCUT2D eigenvalue weighted by atomic mass is 16.2. The monoisotopic (exact) mass is 462 g/mol. The Morgan fingerprint density at radius 2 is 1.71 bits per heavy atom. The van der Waals surface area contributed by atoms with Gasteiger partial charge >= 0.3 is 0 Å². The molecule has 7 heteroatoms. The van der Waals surface area contributed by atoms with Gasteiger partial charge < -0.3 is 15.5 Å². The highest BCUT2D eigenvalue weighted by molar-refractivity contribution is 5.93. The third-order valence-corrected chi connectivity index (χ3v) is 7.15. The Morgan fingerprint density at radius 1 is 1.00 bits per heavy atom. The van der Waals surface area contributed by atoms with E-state index in [2.05, 4.69) is 34.6 Å². The van der Waals surface area contributed by atoms with E-state index in [9.17, 15) is 14.4 Å². The van der Waals surface area contributed by atoms with Crippen LogP contribution >= 0.6 is 0 Å². The molecule has 2 fully saturated rings. The first-order valence-corrected chi connectivity index (χ1v) is 12.0. The van der Waals surface area contributed by atoms with Gasteiger partial charge in [0.05, 0.1) is 18.1 Å². The summed E-state index contributed by atoms with van der Waals surface area (Å²) in [4.78, 5) is 41.9. The number of carbonyl (C=O) groups is 3. The molecular weight excluding hydrogens is 428 g/mol. The molecule has 0 unspecified atom stereocenters. The fourth-order valence-corrected chi connectivity index (χ4v) is 5.81. The van der Waals surface area contributed by atoms with Crippen molar-refractivity contribution in [3.8, 4) is 0 Å². The molecule has 0 radical (unpaired) electrons. The van der Waals surface area contributed by atoms with Crippen LogP contribution in [0.2, 0.25) is 0 Å². The maximum absolute atomic E-state index is 12.9. The molecule has 2 aromatic rings. The van der Waals surface area contributed by atoms with Crippen LogP contribution in [0.4, 0.5) is 5.69 Å². The quantitative estimate of drug-likeness (QED) is 0.692. The van der Waals surface area contributed by atoms with Crippen LogP contribution in [-0.2, 0) is 20.8 Å². The summed E-state index contributed by atoms with van der Waals surface area (Å²) < 4.78 is 0. The first-order valence-electron chi connectivity index (χ1n) is 12.0. The number of fused-ring (bicyclic) bond motifs is 1. The minimum Gasteiger partial charge on any atom is -0.347 e. The number of nitrogens with one attached hydrogen (secondary N) is 2. The molecule has 0 aromatic heterocycles. The number of piperidine rings is 1. The van der Waals surface area contributed by atoms with E-state index in [0.29, 0.717) is 13.1 Å². The number of rotatable bonds is 6. The second-order valence-corrected chi connectivity index (χ2v) is 9.50. The number of para-hydroxylation sites is 1. The molecule has 2 aliphatic rings. The number of hydrogen-bond donors (Lipinski definition) is 2. The van der Waals surface area contributed by atoms with Crippen LogP contribution in [0.25, 0.3) is 0 Å². The highest BCUT2D eigenvalue weighted by Gasteiger charge is 2.56. The van der Waals surface area contributed by atoms with E-state index in [1.807, 2.05) is 47.4 Å². The van der Waals surface area contributed by atoms with Crippen molar-refractivity contribution >= 4 is 23.4 Å².